The number of carbonyl (C=O) groups is 2. The van der Waals surface area contributed by atoms with E-state index in [4.69, 9.17) is 14.9 Å². The van der Waals surface area contributed by atoms with Gasteiger partial charge in [0, 0.05) is 31.1 Å². The number of nitrogens with zero attached hydrogens (tertiary/aromatic N) is 2. The van der Waals surface area contributed by atoms with E-state index in [9.17, 15) is 14.7 Å². The Morgan fingerprint density at radius 3 is 2.67 bits per heavy atom. The summed E-state index contributed by atoms with van der Waals surface area (Å²) in [6.07, 6.45) is 0.689. The van der Waals surface area contributed by atoms with Gasteiger partial charge in [-0.1, -0.05) is 18.2 Å². The van der Waals surface area contributed by atoms with Crippen LogP contribution in [-0.2, 0) is 22.4 Å². The average molecular weight is 410 g/mol. The van der Waals surface area contributed by atoms with E-state index in [0.29, 0.717) is 30.0 Å². The molecule has 3 rings (SSSR count). The molecule has 0 aliphatic carbocycles. The number of ether oxygens (including phenoxy) is 1. The van der Waals surface area contributed by atoms with E-state index in [-0.39, 0.29) is 18.1 Å². The monoisotopic (exact) mass is 410 g/mol. The lowest BCUT2D eigenvalue weighted by Crippen LogP contribution is -2.45. The SMILES string of the molecule is COCCc1nnc(-c2cccc(C(=O)N[C@@H](Cc3ccc(O)cc3)C(N)=O)c2)o1. The van der Waals surface area contributed by atoms with Crippen LogP contribution in [0.15, 0.2) is 52.9 Å². The quantitative estimate of drug-likeness (QED) is 0.485. The molecule has 2 amide bonds. The third kappa shape index (κ3) is 5.42. The predicted octanol–water partition coefficient (Wildman–Crippen LogP) is 1.46. The van der Waals surface area contributed by atoms with E-state index in [1.807, 2.05) is 0 Å². The Kier molecular flexibility index (Phi) is 6.76. The highest BCUT2D eigenvalue weighted by atomic mass is 16.5. The third-order valence-corrected chi connectivity index (χ3v) is 4.38. The number of hydrogen-bond acceptors (Lipinski definition) is 7. The van der Waals surface area contributed by atoms with Crippen molar-refractivity contribution in [1.82, 2.24) is 15.5 Å². The number of amides is 2. The van der Waals surface area contributed by atoms with Gasteiger partial charge in [0.1, 0.15) is 11.8 Å². The van der Waals surface area contributed by atoms with Gasteiger partial charge >= 0.3 is 0 Å². The van der Waals surface area contributed by atoms with Crippen molar-refractivity contribution in [2.24, 2.45) is 5.73 Å². The van der Waals surface area contributed by atoms with E-state index in [1.165, 1.54) is 12.1 Å². The first-order valence-corrected chi connectivity index (χ1v) is 9.26. The lowest BCUT2D eigenvalue weighted by molar-refractivity contribution is -0.119. The van der Waals surface area contributed by atoms with Crippen LogP contribution in [0.5, 0.6) is 5.75 Å². The first-order valence-electron chi connectivity index (χ1n) is 9.26. The zero-order chi connectivity index (χ0) is 21.5. The number of aromatic nitrogens is 2. The van der Waals surface area contributed by atoms with E-state index >= 15 is 0 Å². The number of benzene rings is 2. The van der Waals surface area contributed by atoms with Gasteiger partial charge in [-0.15, -0.1) is 10.2 Å². The van der Waals surface area contributed by atoms with E-state index in [1.54, 1.807) is 43.5 Å². The number of aromatic hydroxyl groups is 1. The molecular formula is C21H22N4O5. The Bertz CT molecular complexity index is 1020. The van der Waals surface area contributed by atoms with Crippen molar-refractivity contribution in [3.05, 3.63) is 65.5 Å². The summed E-state index contributed by atoms with van der Waals surface area (Å²) in [5.41, 5.74) is 7.11. The summed E-state index contributed by atoms with van der Waals surface area (Å²) in [5.74, 6) is -0.289. The smallest absolute Gasteiger partial charge is 0.251 e. The Labute approximate surface area is 172 Å². The maximum Gasteiger partial charge on any atom is 0.251 e. The molecule has 0 unspecified atom stereocenters. The molecule has 1 heterocycles. The molecule has 0 saturated carbocycles. The number of phenols is 1. The minimum absolute atomic E-state index is 0.113. The van der Waals surface area contributed by atoms with Crippen molar-refractivity contribution in [2.45, 2.75) is 18.9 Å². The molecule has 30 heavy (non-hydrogen) atoms. The lowest BCUT2D eigenvalue weighted by Gasteiger charge is -2.16. The van der Waals surface area contributed by atoms with Crippen LogP contribution in [0.4, 0.5) is 0 Å². The zero-order valence-electron chi connectivity index (χ0n) is 16.4. The highest BCUT2D eigenvalue weighted by Gasteiger charge is 2.20. The zero-order valence-corrected chi connectivity index (χ0v) is 16.4. The van der Waals surface area contributed by atoms with Crippen molar-refractivity contribution in [2.75, 3.05) is 13.7 Å². The minimum atomic E-state index is -0.908. The van der Waals surface area contributed by atoms with Gasteiger partial charge in [0.25, 0.3) is 5.91 Å². The van der Waals surface area contributed by atoms with Gasteiger partial charge in [-0.05, 0) is 35.9 Å². The van der Waals surface area contributed by atoms with Crippen molar-refractivity contribution in [3.63, 3.8) is 0 Å². The largest absolute Gasteiger partial charge is 0.508 e. The standard InChI is InChI=1S/C21H22N4O5/c1-29-10-9-18-24-25-21(30-18)15-4-2-3-14(12-15)20(28)23-17(19(22)27)11-13-5-7-16(26)8-6-13/h2-8,12,17,26H,9-11H2,1H3,(H2,22,27)(H,23,28)/t17-/m0/s1. The van der Waals surface area contributed by atoms with Crippen LogP contribution >= 0.6 is 0 Å². The Morgan fingerprint density at radius 2 is 1.97 bits per heavy atom. The van der Waals surface area contributed by atoms with Gasteiger partial charge < -0.3 is 25.3 Å². The number of nitrogens with two attached hydrogens (primary N) is 1. The van der Waals surface area contributed by atoms with Crippen molar-refractivity contribution >= 4 is 11.8 Å². The fraction of sp³-hybridized carbons (Fsp3) is 0.238. The fourth-order valence-corrected chi connectivity index (χ4v) is 2.79. The maximum atomic E-state index is 12.7. The highest BCUT2D eigenvalue weighted by Crippen LogP contribution is 2.20. The van der Waals surface area contributed by atoms with Crippen LogP contribution in [-0.4, -0.2) is 46.9 Å². The highest BCUT2D eigenvalue weighted by molar-refractivity contribution is 5.98. The molecule has 4 N–H and O–H groups in total. The average Bonchev–Trinajstić information content (AvgIpc) is 3.22. The van der Waals surface area contributed by atoms with Gasteiger partial charge in [0.15, 0.2) is 0 Å². The molecule has 156 valence electrons. The summed E-state index contributed by atoms with van der Waals surface area (Å²) in [6.45, 7) is 0.458. The van der Waals surface area contributed by atoms with Crippen LogP contribution in [0.2, 0.25) is 0 Å². The van der Waals surface area contributed by atoms with Crippen molar-refractivity contribution in [1.29, 1.82) is 0 Å². The third-order valence-electron chi connectivity index (χ3n) is 4.38. The van der Waals surface area contributed by atoms with Gasteiger partial charge in [0.05, 0.1) is 6.61 Å². The molecular weight excluding hydrogens is 388 g/mol. The summed E-state index contributed by atoms with van der Waals surface area (Å²) in [5, 5.41) is 20.0. The second kappa shape index (κ2) is 9.66. The van der Waals surface area contributed by atoms with Crippen LogP contribution < -0.4 is 11.1 Å². The molecule has 2 aromatic carbocycles. The summed E-state index contributed by atoms with van der Waals surface area (Å²) in [7, 11) is 1.58. The predicted molar refractivity (Wildman–Crippen MR) is 108 cm³/mol. The normalized spacial score (nSPS) is 11.8. The molecule has 0 fully saturated rings. The number of carbonyl (C=O) groups excluding carboxylic acids is 2. The minimum Gasteiger partial charge on any atom is -0.508 e. The first kappa shape index (κ1) is 21.0. The van der Waals surface area contributed by atoms with Gasteiger partial charge in [-0.25, -0.2) is 0 Å². The number of nitrogens with one attached hydrogen (secondary N) is 1. The van der Waals surface area contributed by atoms with Gasteiger partial charge in [0.2, 0.25) is 17.7 Å². The Hall–Kier alpha value is -3.72. The van der Waals surface area contributed by atoms with E-state index in [2.05, 4.69) is 15.5 Å². The lowest BCUT2D eigenvalue weighted by atomic mass is 10.0. The van der Waals surface area contributed by atoms with E-state index < -0.39 is 17.9 Å². The summed E-state index contributed by atoms with van der Waals surface area (Å²) >= 11 is 0. The molecule has 9 heteroatoms. The molecule has 1 aromatic heterocycles. The number of rotatable bonds is 9. The Morgan fingerprint density at radius 1 is 1.20 bits per heavy atom. The van der Waals surface area contributed by atoms with Crippen LogP contribution in [0, 0.1) is 0 Å². The Balaban J connectivity index is 1.72. The maximum absolute atomic E-state index is 12.7. The number of hydrogen-bond donors (Lipinski definition) is 3. The molecule has 0 spiro atoms. The molecule has 0 bridgehead atoms. The van der Waals surface area contributed by atoms with Crippen LogP contribution in [0.3, 0.4) is 0 Å². The molecule has 0 aliphatic rings. The van der Waals surface area contributed by atoms with Crippen molar-refractivity contribution < 1.29 is 23.8 Å². The van der Waals surface area contributed by atoms with E-state index in [0.717, 1.165) is 5.56 Å². The molecule has 0 radical (unpaired) electrons. The number of primary amides is 1. The first-order chi connectivity index (χ1) is 14.5. The van der Waals surface area contributed by atoms with Gasteiger partial charge in [-0.2, -0.15) is 0 Å². The molecule has 3 aromatic rings. The second-order valence-electron chi connectivity index (χ2n) is 6.62. The second-order valence-corrected chi connectivity index (χ2v) is 6.62. The molecule has 9 nitrogen and oxygen atoms in total. The molecule has 0 aliphatic heterocycles. The van der Waals surface area contributed by atoms with Crippen LogP contribution in [0.1, 0.15) is 21.8 Å². The van der Waals surface area contributed by atoms with Crippen molar-refractivity contribution in [3.8, 4) is 17.2 Å². The summed E-state index contributed by atoms with van der Waals surface area (Å²) < 4.78 is 10.6. The summed E-state index contributed by atoms with van der Waals surface area (Å²) in [6, 6.07) is 12.1. The fourth-order valence-electron chi connectivity index (χ4n) is 2.79. The van der Waals surface area contributed by atoms with Crippen LogP contribution in [0.25, 0.3) is 11.5 Å². The number of phenolic OH excluding ortho intramolecular Hbond substituents is 1. The molecule has 1 atom stereocenters. The topological polar surface area (TPSA) is 141 Å². The summed E-state index contributed by atoms with van der Waals surface area (Å²) in [4.78, 5) is 24.5. The van der Waals surface area contributed by atoms with Gasteiger partial charge in [-0.3, -0.25) is 9.59 Å². The molecule has 0 saturated heterocycles. The number of methoxy groups -OCH3 is 1.